The predicted octanol–water partition coefficient (Wildman–Crippen LogP) is 3.24. The van der Waals surface area contributed by atoms with Crippen LogP contribution in [-0.4, -0.2) is 46.2 Å². The van der Waals surface area contributed by atoms with Gasteiger partial charge in [-0.3, -0.25) is 0 Å². The van der Waals surface area contributed by atoms with Gasteiger partial charge < -0.3 is 5.32 Å². The van der Waals surface area contributed by atoms with E-state index in [9.17, 15) is 16.8 Å². The van der Waals surface area contributed by atoms with E-state index in [1.165, 1.54) is 0 Å². The standard InChI is InChI=1S/C21H26ClNO4S2/c1-15(2)17-5-9-19(10-6-17)29(26,27)21-14-28(24,25)13-20(21)23-12-11-16-3-7-18(22)8-4-16/h3-10,15,20-21,23H,11-14H2,1-2H3/t20-,21-/m0/s1. The molecular weight excluding hydrogens is 430 g/mol. The van der Waals surface area contributed by atoms with Gasteiger partial charge in [-0.2, -0.15) is 0 Å². The summed E-state index contributed by atoms with van der Waals surface area (Å²) in [5.41, 5.74) is 2.09. The lowest BCUT2D eigenvalue weighted by atomic mass is 10.0. The van der Waals surface area contributed by atoms with E-state index in [4.69, 9.17) is 11.6 Å². The number of nitrogens with one attached hydrogen (secondary N) is 1. The Bertz CT molecular complexity index is 1050. The Kier molecular flexibility index (Phi) is 6.73. The topological polar surface area (TPSA) is 80.3 Å². The molecule has 0 amide bonds. The minimum absolute atomic E-state index is 0.165. The van der Waals surface area contributed by atoms with E-state index in [0.29, 0.717) is 23.9 Å². The maximum atomic E-state index is 13.2. The van der Waals surface area contributed by atoms with Crippen LogP contribution in [0, 0.1) is 0 Å². The molecule has 0 aromatic heterocycles. The molecule has 0 radical (unpaired) electrons. The van der Waals surface area contributed by atoms with Crippen LogP contribution in [-0.2, 0) is 26.1 Å². The van der Waals surface area contributed by atoms with Crippen molar-refractivity contribution in [1.82, 2.24) is 5.32 Å². The van der Waals surface area contributed by atoms with Gasteiger partial charge in [0, 0.05) is 11.1 Å². The number of sulfone groups is 2. The molecule has 0 saturated carbocycles. The molecule has 1 aliphatic heterocycles. The van der Waals surface area contributed by atoms with Crippen molar-refractivity contribution >= 4 is 31.3 Å². The van der Waals surface area contributed by atoms with Crippen molar-refractivity contribution in [3.05, 3.63) is 64.7 Å². The van der Waals surface area contributed by atoms with E-state index in [1.54, 1.807) is 36.4 Å². The molecule has 2 aromatic rings. The van der Waals surface area contributed by atoms with E-state index in [0.717, 1.165) is 11.1 Å². The fourth-order valence-electron chi connectivity index (χ4n) is 3.58. The highest BCUT2D eigenvalue weighted by Crippen LogP contribution is 2.27. The maximum Gasteiger partial charge on any atom is 0.183 e. The lowest BCUT2D eigenvalue weighted by Crippen LogP contribution is -2.44. The van der Waals surface area contributed by atoms with Crippen molar-refractivity contribution in [2.75, 3.05) is 18.1 Å². The van der Waals surface area contributed by atoms with Crippen molar-refractivity contribution < 1.29 is 16.8 Å². The third-order valence-corrected chi connectivity index (χ3v) is 9.73. The van der Waals surface area contributed by atoms with Crippen LogP contribution in [0.1, 0.15) is 30.9 Å². The Morgan fingerprint density at radius 2 is 1.66 bits per heavy atom. The largest absolute Gasteiger partial charge is 0.311 e. The van der Waals surface area contributed by atoms with Crippen LogP contribution in [0.4, 0.5) is 0 Å². The highest BCUT2D eigenvalue weighted by atomic mass is 35.5. The zero-order chi connectivity index (χ0) is 21.2. The molecule has 158 valence electrons. The van der Waals surface area contributed by atoms with Crippen LogP contribution >= 0.6 is 11.6 Å². The number of rotatable bonds is 7. The maximum absolute atomic E-state index is 13.2. The quantitative estimate of drug-likeness (QED) is 0.693. The van der Waals surface area contributed by atoms with Gasteiger partial charge >= 0.3 is 0 Å². The van der Waals surface area contributed by atoms with E-state index in [1.807, 2.05) is 26.0 Å². The van der Waals surface area contributed by atoms with Crippen LogP contribution in [0.5, 0.6) is 0 Å². The van der Waals surface area contributed by atoms with Gasteiger partial charge in [-0.25, -0.2) is 16.8 Å². The third-order valence-electron chi connectivity index (χ3n) is 5.31. The van der Waals surface area contributed by atoms with Gasteiger partial charge in [-0.05, 0) is 54.3 Å². The Morgan fingerprint density at radius 3 is 2.24 bits per heavy atom. The lowest BCUT2D eigenvalue weighted by molar-refractivity contribution is 0.528. The molecule has 0 aliphatic carbocycles. The second kappa shape index (κ2) is 8.76. The highest BCUT2D eigenvalue weighted by molar-refractivity contribution is 7.96. The van der Waals surface area contributed by atoms with Gasteiger partial charge in [0.15, 0.2) is 19.7 Å². The summed E-state index contributed by atoms with van der Waals surface area (Å²) in [7, 11) is -7.18. The number of halogens is 1. The number of hydrogen-bond donors (Lipinski definition) is 1. The molecule has 1 saturated heterocycles. The molecule has 2 aromatic carbocycles. The first-order chi connectivity index (χ1) is 13.6. The van der Waals surface area contributed by atoms with Gasteiger partial charge in [0.05, 0.1) is 21.7 Å². The molecule has 8 heteroatoms. The van der Waals surface area contributed by atoms with Crippen molar-refractivity contribution in [3.63, 3.8) is 0 Å². The smallest absolute Gasteiger partial charge is 0.183 e. The molecule has 0 unspecified atom stereocenters. The van der Waals surface area contributed by atoms with Crippen LogP contribution in [0.15, 0.2) is 53.4 Å². The molecule has 0 spiro atoms. The number of benzene rings is 2. The SMILES string of the molecule is CC(C)c1ccc(S(=O)(=O)[C@H]2CS(=O)(=O)C[C@@H]2NCCc2ccc(Cl)cc2)cc1. The average molecular weight is 456 g/mol. The van der Waals surface area contributed by atoms with Crippen LogP contribution in [0.25, 0.3) is 0 Å². The molecule has 0 bridgehead atoms. The summed E-state index contributed by atoms with van der Waals surface area (Å²) >= 11 is 5.89. The average Bonchev–Trinajstić information content (AvgIpc) is 2.99. The summed E-state index contributed by atoms with van der Waals surface area (Å²) in [6.07, 6.45) is 0.656. The minimum Gasteiger partial charge on any atom is -0.311 e. The molecule has 29 heavy (non-hydrogen) atoms. The fraction of sp³-hybridized carbons (Fsp3) is 0.429. The van der Waals surface area contributed by atoms with Gasteiger partial charge in [-0.15, -0.1) is 0 Å². The van der Waals surface area contributed by atoms with Crippen molar-refractivity contribution in [1.29, 1.82) is 0 Å². The Labute approximate surface area is 178 Å². The van der Waals surface area contributed by atoms with Crippen molar-refractivity contribution in [2.24, 2.45) is 0 Å². The van der Waals surface area contributed by atoms with E-state index >= 15 is 0 Å². The molecule has 5 nitrogen and oxygen atoms in total. The van der Waals surface area contributed by atoms with Gasteiger partial charge in [0.2, 0.25) is 0 Å². The second-order valence-corrected chi connectivity index (χ2v) is 12.6. The van der Waals surface area contributed by atoms with Crippen LogP contribution in [0.3, 0.4) is 0 Å². The van der Waals surface area contributed by atoms with Gasteiger partial charge in [0.25, 0.3) is 0 Å². The zero-order valence-electron chi connectivity index (χ0n) is 16.5. The van der Waals surface area contributed by atoms with E-state index in [2.05, 4.69) is 5.32 Å². The lowest BCUT2D eigenvalue weighted by Gasteiger charge is -2.20. The molecule has 1 aliphatic rings. The normalized spacial score (nSPS) is 21.5. The predicted molar refractivity (Wildman–Crippen MR) is 117 cm³/mol. The summed E-state index contributed by atoms with van der Waals surface area (Å²) < 4.78 is 50.8. The van der Waals surface area contributed by atoms with Gasteiger partial charge in [-0.1, -0.05) is 49.7 Å². The molecule has 1 N–H and O–H groups in total. The first-order valence-corrected chi connectivity index (χ1v) is 13.4. The summed E-state index contributed by atoms with van der Waals surface area (Å²) in [6.45, 7) is 4.56. The van der Waals surface area contributed by atoms with Gasteiger partial charge in [0.1, 0.15) is 0 Å². The first kappa shape index (κ1) is 22.3. The monoisotopic (exact) mass is 455 g/mol. The molecule has 1 fully saturated rings. The van der Waals surface area contributed by atoms with Crippen molar-refractivity contribution in [3.8, 4) is 0 Å². The molecule has 3 rings (SSSR count). The summed E-state index contributed by atoms with van der Waals surface area (Å²) in [6, 6.07) is 13.5. The van der Waals surface area contributed by atoms with Crippen LogP contribution in [0.2, 0.25) is 5.02 Å². The minimum atomic E-state index is -3.76. The Hall–Kier alpha value is -1.41. The van der Waals surface area contributed by atoms with E-state index < -0.39 is 31.0 Å². The first-order valence-electron chi connectivity index (χ1n) is 9.60. The van der Waals surface area contributed by atoms with Crippen molar-refractivity contribution in [2.45, 2.75) is 42.4 Å². The van der Waals surface area contributed by atoms with Crippen LogP contribution < -0.4 is 5.32 Å². The zero-order valence-corrected chi connectivity index (χ0v) is 18.9. The fourth-order valence-corrected chi connectivity index (χ4v) is 8.42. The highest BCUT2D eigenvalue weighted by Gasteiger charge is 2.45. The second-order valence-electron chi connectivity index (χ2n) is 7.82. The summed E-state index contributed by atoms with van der Waals surface area (Å²) in [5, 5.41) is 2.83. The Morgan fingerprint density at radius 1 is 1.03 bits per heavy atom. The molecular formula is C21H26ClNO4S2. The summed E-state index contributed by atoms with van der Waals surface area (Å²) in [5.74, 6) is -0.220. The van der Waals surface area contributed by atoms with E-state index in [-0.39, 0.29) is 16.4 Å². The molecule has 2 atom stereocenters. The number of hydrogen-bond acceptors (Lipinski definition) is 5. The Balaban J connectivity index is 1.75. The summed E-state index contributed by atoms with van der Waals surface area (Å²) in [4.78, 5) is 0.175. The molecule has 1 heterocycles. The third kappa shape index (κ3) is 5.40.